The summed E-state index contributed by atoms with van der Waals surface area (Å²) < 4.78 is 11.4. The third-order valence-corrected chi connectivity index (χ3v) is 6.51. The molecule has 0 radical (unpaired) electrons. The molecular formula is C33H42N2O3. The second-order valence-electron chi connectivity index (χ2n) is 9.71. The summed E-state index contributed by atoms with van der Waals surface area (Å²) in [6.07, 6.45) is 20.1. The molecule has 0 fully saturated rings. The summed E-state index contributed by atoms with van der Waals surface area (Å²) in [4.78, 5) is 21.6. The summed E-state index contributed by atoms with van der Waals surface area (Å²) in [7, 11) is 0. The molecule has 0 N–H and O–H groups in total. The van der Waals surface area contributed by atoms with Gasteiger partial charge in [0.2, 0.25) is 0 Å². The van der Waals surface area contributed by atoms with Crippen molar-refractivity contribution < 1.29 is 14.3 Å². The Morgan fingerprint density at radius 1 is 0.789 bits per heavy atom. The van der Waals surface area contributed by atoms with Crippen molar-refractivity contribution in [3.05, 3.63) is 84.7 Å². The number of aryl methyl sites for hydroxylation is 1. The Labute approximate surface area is 228 Å². The van der Waals surface area contributed by atoms with Gasteiger partial charge >= 0.3 is 5.97 Å². The highest BCUT2D eigenvalue weighted by atomic mass is 16.5. The molecule has 3 rings (SSSR count). The van der Waals surface area contributed by atoms with E-state index in [0.29, 0.717) is 23.7 Å². The van der Waals surface area contributed by atoms with Crippen LogP contribution < -0.4 is 9.47 Å². The molecule has 0 aliphatic carbocycles. The molecule has 1 aromatic heterocycles. The van der Waals surface area contributed by atoms with Crippen LogP contribution in [0, 0.1) is 0 Å². The van der Waals surface area contributed by atoms with Crippen LogP contribution >= 0.6 is 0 Å². The highest BCUT2D eigenvalue weighted by Crippen LogP contribution is 2.21. The highest BCUT2D eigenvalue weighted by molar-refractivity contribution is 5.91. The number of hydrogen-bond donors (Lipinski definition) is 0. The Balaban J connectivity index is 1.40. The van der Waals surface area contributed by atoms with E-state index >= 15 is 0 Å². The standard InChI is InChI=1S/C33H42N2O3/c1-3-5-7-9-10-12-14-24-37-30-20-18-29(19-21-30)33(36)38-31-22-16-28(17-23-31)32-34-25-27(26-35-32)15-13-11-8-6-4-2/h3,16-23,25-26H,1,4-15,24H2,2H3. The van der Waals surface area contributed by atoms with E-state index in [1.54, 1.807) is 24.3 Å². The lowest BCUT2D eigenvalue weighted by Crippen LogP contribution is -2.08. The van der Waals surface area contributed by atoms with E-state index in [2.05, 4.69) is 23.5 Å². The first-order valence-electron chi connectivity index (χ1n) is 14.2. The van der Waals surface area contributed by atoms with Gasteiger partial charge in [-0.3, -0.25) is 0 Å². The molecule has 0 aliphatic heterocycles. The van der Waals surface area contributed by atoms with E-state index in [9.17, 15) is 4.79 Å². The summed E-state index contributed by atoms with van der Waals surface area (Å²) in [6, 6.07) is 14.4. The van der Waals surface area contributed by atoms with Crippen LogP contribution in [0.2, 0.25) is 0 Å². The minimum Gasteiger partial charge on any atom is -0.494 e. The third kappa shape index (κ3) is 10.5. The van der Waals surface area contributed by atoms with Crippen LogP contribution in [0.25, 0.3) is 11.4 Å². The average molecular weight is 515 g/mol. The Morgan fingerprint density at radius 3 is 2.13 bits per heavy atom. The molecule has 5 nitrogen and oxygen atoms in total. The van der Waals surface area contributed by atoms with Gasteiger partial charge in [0.05, 0.1) is 12.2 Å². The smallest absolute Gasteiger partial charge is 0.343 e. The first-order chi connectivity index (χ1) is 18.7. The number of unbranched alkanes of at least 4 members (excludes halogenated alkanes) is 9. The zero-order valence-electron chi connectivity index (χ0n) is 22.9. The fraction of sp³-hybridized carbons (Fsp3) is 0.424. The van der Waals surface area contributed by atoms with E-state index in [4.69, 9.17) is 9.47 Å². The van der Waals surface area contributed by atoms with Gasteiger partial charge in [0, 0.05) is 18.0 Å². The van der Waals surface area contributed by atoms with Crippen molar-refractivity contribution in [3.63, 3.8) is 0 Å². The van der Waals surface area contributed by atoms with Crippen molar-refractivity contribution in [2.24, 2.45) is 0 Å². The van der Waals surface area contributed by atoms with Crippen molar-refractivity contribution in [1.29, 1.82) is 0 Å². The SMILES string of the molecule is C=CCCCCCCCOc1ccc(C(=O)Oc2ccc(-c3ncc(CCCCCCC)cn3)cc2)cc1. The van der Waals surface area contributed by atoms with Gasteiger partial charge < -0.3 is 9.47 Å². The predicted octanol–water partition coefficient (Wildman–Crippen LogP) is 8.78. The molecule has 202 valence electrons. The van der Waals surface area contributed by atoms with E-state index in [0.717, 1.165) is 37.0 Å². The second kappa shape index (κ2) is 17.1. The minimum atomic E-state index is -0.400. The van der Waals surface area contributed by atoms with E-state index in [1.165, 1.54) is 56.9 Å². The van der Waals surface area contributed by atoms with Crippen LogP contribution in [-0.4, -0.2) is 22.5 Å². The first-order valence-corrected chi connectivity index (χ1v) is 14.2. The van der Waals surface area contributed by atoms with E-state index in [1.807, 2.05) is 42.7 Å². The van der Waals surface area contributed by atoms with E-state index in [-0.39, 0.29) is 0 Å². The van der Waals surface area contributed by atoms with Gasteiger partial charge in [0.15, 0.2) is 5.82 Å². The monoisotopic (exact) mass is 514 g/mol. The average Bonchev–Trinajstić information content (AvgIpc) is 2.95. The number of rotatable bonds is 18. The van der Waals surface area contributed by atoms with Gasteiger partial charge in [0.1, 0.15) is 11.5 Å². The Kier molecular flexibility index (Phi) is 13.1. The topological polar surface area (TPSA) is 61.3 Å². The molecule has 1 heterocycles. The Bertz CT molecular complexity index is 1080. The number of allylic oxidation sites excluding steroid dienone is 1. The Hall–Kier alpha value is -3.47. The molecule has 0 bridgehead atoms. The fourth-order valence-electron chi connectivity index (χ4n) is 4.20. The van der Waals surface area contributed by atoms with Crippen LogP contribution in [0.3, 0.4) is 0 Å². The van der Waals surface area contributed by atoms with Crippen molar-refractivity contribution in [2.45, 2.75) is 84.0 Å². The molecule has 0 aliphatic rings. The molecule has 5 heteroatoms. The Morgan fingerprint density at radius 2 is 1.42 bits per heavy atom. The summed E-state index contributed by atoms with van der Waals surface area (Å²) in [5, 5.41) is 0. The second-order valence-corrected chi connectivity index (χ2v) is 9.71. The van der Waals surface area contributed by atoms with Gasteiger partial charge in [-0.25, -0.2) is 14.8 Å². The van der Waals surface area contributed by atoms with E-state index < -0.39 is 5.97 Å². The number of esters is 1. The van der Waals surface area contributed by atoms with Crippen molar-refractivity contribution in [1.82, 2.24) is 9.97 Å². The summed E-state index contributed by atoms with van der Waals surface area (Å²) >= 11 is 0. The number of ether oxygens (including phenoxy) is 2. The zero-order valence-corrected chi connectivity index (χ0v) is 22.9. The summed E-state index contributed by atoms with van der Waals surface area (Å²) in [6.45, 7) is 6.67. The lowest BCUT2D eigenvalue weighted by molar-refractivity contribution is 0.0734. The number of aromatic nitrogens is 2. The van der Waals surface area contributed by atoms with Crippen molar-refractivity contribution in [2.75, 3.05) is 6.61 Å². The highest BCUT2D eigenvalue weighted by Gasteiger charge is 2.10. The van der Waals surface area contributed by atoms with Gasteiger partial charge in [-0.15, -0.1) is 6.58 Å². The maximum Gasteiger partial charge on any atom is 0.343 e. The molecule has 0 amide bonds. The number of carbonyl (C=O) groups excluding carboxylic acids is 1. The maximum absolute atomic E-state index is 12.6. The van der Waals surface area contributed by atoms with Gasteiger partial charge in [-0.1, -0.05) is 57.9 Å². The van der Waals surface area contributed by atoms with Crippen LogP contribution in [0.4, 0.5) is 0 Å². The van der Waals surface area contributed by atoms with Crippen LogP contribution in [0.5, 0.6) is 11.5 Å². The summed E-state index contributed by atoms with van der Waals surface area (Å²) in [5.74, 6) is 1.51. The van der Waals surface area contributed by atoms with Gasteiger partial charge in [0.25, 0.3) is 0 Å². The lowest BCUT2D eigenvalue weighted by atomic mass is 10.1. The third-order valence-electron chi connectivity index (χ3n) is 6.51. The van der Waals surface area contributed by atoms with Crippen molar-refractivity contribution in [3.8, 4) is 22.9 Å². The molecule has 0 spiro atoms. The van der Waals surface area contributed by atoms with Crippen LogP contribution in [0.15, 0.2) is 73.6 Å². The molecule has 0 unspecified atom stereocenters. The largest absolute Gasteiger partial charge is 0.494 e. The molecule has 0 saturated carbocycles. The molecule has 0 saturated heterocycles. The predicted molar refractivity (Wildman–Crippen MR) is 155 cm³/mol. The quantitative estimate of drug-likeness (QED) is 0.0734. The number of hydrogen-bond acceptors (Lipinski definition) is 5. The zero-order chi connectivity index (χ0) is 26.8. The summed E-state index contributed by atoms with van der Waals surface area (Å²) in [5.41, 5.74) is 2.54. The molecule has 3 aromatic rings. The number of nitrogens with zero attached hydrogens (tertiary/aromatic N) is 2. The van der Waals surface area contributed by atoms with Gasteiger partial charge in [-0.05, 0) is 86.2 Å². The van der Waals surface area contributed by atoms with Crippen LogP contribution in [0.1, 0.15) is 93.5 Å². The number of benzene rings is 2. The van der Waals surface area contributed by atoms with Crippen LogP contribution in [-0.2, 0) is 6.42 Å². The normalized spacial score (nSPS) is 10.8. The number of carbonyl (C=O) groups is 1. The van der Waals surface area contributed by atoms with Crippen molar-refractivity contribution >= 4 is 5.97 Å². The first kappa shape index (κ1) is 29.1. The molecule has 38 heavy (non-hydrogen) atoms. The molecule has 2 aromatic carbocycles. The maximum atomic E-state index is 12.6. The lowest BCUT2D eigenvalue weighted by Gasteiger charge is -2.08. The fourth-order valence-corrected chi connectivity index (χ4v) is 4.20. The molecular weight excluding hydrogens is 472 g/mol. The minimum absolute atomic E-state index is 0.400. The van der Waals surface area contributed by atoms with Gasteiger partial charge in [-0.2, -0.15) is 0 Å². The molecule has 0 atom stereocenters.